The number of ether oxygens (including phenoxy) is 2. The summed E-state index contributed by atoms with van der Waals surface area (Å²) in [7, 11) is 1.74. The Morgan fingerprint density at radius 1 is 1.23 bits per heavy atom. The number of nitrogens with one attached hydrogen (secondary N) is 1. The molecule has 0 aliphatic carbocycles. The van der Waals surface area contributed by atoms with Crippen LogP contribution in [0, 0.1) is 0 Å². The van der Waals surface area contributed by atoms with Crippen LogP contribution in [0.25, 0.3) is 0 Å². The predicted molar refractivity (Wildman–Crippen MR) is 95.6 cm³/mol. The first kappa shape index (κ1) is 21.5. The van der Waals surface area contributed by atoms with Crippen LogP contribution in [0.5, 0.6) is 5.75 Å². The molecule has 1 aliphatic rings. The number of halogens is 2. The third kappa shape index (κ3) is 6.71. The van der Waals surface area contributed by atoms with Crippen LogP contribution in [-0.2, 0) is 17.8 Å². The molecule has 0 radical (unpaired) electrons. The predicted octanol–water partition coefficient (Wildman–Crippen LogP) is 2.87. The van der Waals surface area contributed by atoms with Crippen molar-refractivity contribution in [3.05, 3.63) is 29.3 Å². The molecular formula is C16H28Cl2N2O2. The van der Waals surface area contributed by atoms with Crippen molar-refractivity contribution in [2.75, 3.05) is 33.4 Å². The lowest BCUT2D eigenvalue weighted by molar-refractivity contribution is 0.0339. The van der Waals surface area contributed by atoms with E-state index in [-0.39, 0.29) is 24.8 Å². The maximum atomic E-state index is 5.49. The molecule has 0 aromatic heterocycles. The average Bonchev–Trinajstić information content (AvgIpc) is 2.46. The van der Waals surface area contributed by atoms with E-state index < -0.39 is 0 Å². The Labute approximate surface area is 146 Å². The van der Waals surface area contributed by atoms with Gasteiger partial charge in [0.1, 0.15) is 5.75 Å². The Morgan fingerprint density at radius 2 is 1.91 bits per heavy atom. The number of nitrogens with zero attached hydrogens (tertiary/aromatic N) is 1. The van der Waals surface area contributed by atoms with Gasteiger partial charge in [0, 0.05) is 37.8 Å². The zero-order valence-corrected chi connectivity index (χ0v) is 15.3. The van der Waals surface area contributed by atoms with Crippen LogP contribution in [-0.4, -0.2) is 44.4 Å². The van der Waals surface area contributed by atoms with E-state index in [4.69, 9.17) is 9.47 Å². The van der Waals surface area contributed by atoms with Crippen molar-refractivity contribution in [1.82, 2.24) is 10.2 Å². The van der Waals surface area contributed by atoms with Crippen molar-refractivity contribution < 1.29 is 9.47 Å². The van der Waals surface area contributed by atoms with Gasteiger partial charge >= 0.3 is 0 Å². The molecule has 0 bridgehead atoms. The largest absolute Gasteiger partial charge is 0.496 e. The highest BCUT2D eigenvalue weighted by atomic mass is 35.5. The molecule has 1 aromatic carbocycles. The smallest absolute Gasteiger partial charge is 0.123 e. The van der Waals surface area contributed by atoms with Crippen molar-refractivity contribution in [3.63, 3.8) is 0 Å². The fraction of sp³-hybridized carbons (Fsp3) is 0.625. The van der Waals surface area contributed by atoms with Gasteiger partial charge in [-0.15, -0.1) is 24.8 Å². The van der Waals surface area contributed by atoms with E-state index in [0.717, 1.165) is 45.1 Å². The van der Waals surface area contributed by atoms with E-state index in [1.165, 1.54) is 11.1 Å². The second-order valence-corrected chi connectivity index (χ2v) is 5.57. The molecule has 22 heavy (non-hydrogen) atoms. The van der Waals surface area contributed by atoms with E-state index in [1.54, 1.807) is 7.11 Å². The minimum atomic E-state index is 0. The van der Waals surface area contributed by atoms with E-state index in [2.05, 4.69) is 42.3 Å². The monoisotopic (exact) mass is 350 g/mol. The summed E-state index contributed by atoms with van der Waals surface area (Å²) in [5, 5.41) is 3.46. The molecular weight excluding hydrogens is 323 g/mol. The van der Waals surface area contributed by atoms with Crippen LogP contribution in [0.2, 0.25) is 0 Å². The summed E-state index contributed by atoms with van der Waals surface area (Å²) in [5.74, 6) is 0.977. The lowest BCUT2D eigenvalue weighted by atomic mass is 10.1. The van der Waals surface area contributed by atoms with Crippen molar-refractivity contribution in [3.8, 4) is 5.75 Å². The van der Waals surface area contributed by atoms with Gasteiger partial charge in [0.25, 0.3) is 0 Å². The maximum absolute atomic E-state index is 5.49. The van der Waals surface area contributed by atoms with Gasteiger partial charge < -0.3 is 14.8 Å². The number of methoxy groups -OCH3 is 1. The fourth-order valence-electron chi connectivity index (χ4n) is 2.39. The van der Waals surface area contributed by atoms with Gasteiger partial charge in [0.05, 0.1) is 20.3 Å². The number of hydrogen-bond donors (Lipinski definition) is 1. The Bertz CT molecular complexity index is 425. The minimum Gasteiger partial charge on any atom is -0.496 e. The van der Waals surface area contributed by atoms with E-state index >= 15 is 0 Å². The molecule has 1 N–H and O–H groups in total. The molecule has 1 aromatic rings. The zero-order valence-electron chi connectivity index (χ0n) is 13.6. The standard InChI is InChI=1S/C16H26N2O2.2ClH/c1-13(2)17-11-14-4-5-16(19-3)15(10-14)12-18-6-8-20-9-7-18;;/h4-5,10,13,17H,6-9,11-12H2,1-3H3;2*1H. The van der Waals surface area contributed by atoms with Crippen LogP contribution in [0.1, 0.15) is 25.0 Å². The van der Waals surface area contributed by atoms with Gasteiger partial charge in [0.2, 0.25) is 0 Å². The molecule has 1 aliphatic heterocycles. The average molecular weight is 351 g/mol. The van der Waals surface area contributed by atoms with E-state index in [0.29, 0.717) is 6.04 Å². The highest BCUT2D eigenvalue weighted by molar-refractivity contribution is 5.85. The number of rotatable bonds is 6. The molecule has 128 valence electrons. The second-order valence-electron chi connectivity index (χ2n) is 5.57. The van der Waals surface area contributed by atoms with Crippen LogP contribution in [0.15, 0.2) is 18.2 Å². The van der Waals surface area contributed by atoms with Crippen molar-refractivity contribution in [2.24, 2.45) is 0 Å². The zero-order chi connectivity index (χ0) is 14.4. The van der Waals surface area contributed by atoms with Crippen molar-refractivity contribution in [1.29, 1.82) is 0 Å². The van der Waals surface area contributed by atoms with Crippen LogP contribution >= 0.6 is 24.8 Å². The van der Waals surface area contributed by atoms with Crippen molar-refractivity contribution in [2.45, 2.75) is 33.0 Å². The Hall–Kier alpha value is -0.520. The summed E-state index contributed by atoms with van der Waals surface area (Å²) in [6, 6.07) is 6.97. The maximum Gasteiger partial charge on any atom is 0.123 e. The number of morpholine rings is 1. The SMILES string of the molecule is COc1ccc(CNC(C)C)cc1CN1CCOCC1.Cl.Cl. The quantitative estimate of drug-likeness (QED) is 0.855. The molecule has 0 saturated carbocycles. The van der Waals surface area contributed by atoms with Gasteiger partial charge in [-0.05, 0) is 17.7 Å². The third-order valence-electron chi connectivity index (χ3n) is 3.56. The van der Waals surface area contributed by atoms with Crippen molar-refractivity contribution >= 4 is 24.8 Å². The van der Waals surface area contributed by atoms with Gasteiger partial charge in [-0.1, -0.05) is 19.9 Å². The molecule has 1 saturated heterocycles. The summed E-state index contributed by atoms with van der Waals surface area (Å²) in [5.41, 5.74) is 2.57. The highest BCUT2D eigenvalue weighted by Crippen LogP contribution is 2.22. The third-order valence-corrected chi connectivity index (χ3v) is 3.56. The highest BCUT2D eigenvalue weighted by Gasteiger charge is 2.13. The lowest BCUT2D eigenvalue weighted by Crippen LogP contribution is -2.35. The van der Waals surface area contributed by atoms with E-state index in [9.17, 15) is 0 Å². The molecule has 0 amide bonds. The van der Waals surface area contributed by atoms with Gasteiger partial charge in [0.15, 0.2) is 0 Å². The normalized spacial score (nSPS) is 15.1. The Kier molecular flexibility index (Phi) is 10.8. The molecule has 4 nitrogen and oxygen atoms in total. The first-order valence-electron chi connectivity index (χ1n) is 7.38. The first-order valence-corrected chi connectivity index (χ1v) is 7.38. The molecule has 0 atom stereocenters. The Morgan fingerprint density at radius 3 is 2.50 bits per heavy atom. The topological polar surface area (TPSA) is 33.7 Å². The van der Waals surface area contributed by atoms with E-state index in [1.807, 2.05) is 0 Å². The van der Waals surface area contributed by atoms with Gasteiger partial charge in [-0.25, -0.2) is 0 Å². The summed E-state index contributed by atoms with van der Waals surface area (Å²) in [4.78, 5) is 2.42. The summed E-state index contributed by atoms with van der Waals surface area (Å²) in [6.07, 6.45) is 0. The Balaban J connectivity index is 0.00000220. The molecule has 0 unspecified atom stereocenters. The first-order chi connectivity index (χ1) is 9.69. The molecule has 2 rings (SSSR count). The van der Waals surface area contributed by atoms with Gasteiger partial charge in [-0.3, -0.25) is 4.90 Å². The van der Waals surface area contributed by atoms with Crippen LogP contribution in [0.4, 0.5) is 0 Å². The lowest BCUT2D eigenvalue weighted by Gasteiger charge is -2.27. The minimum absolute atomic E-state index is 0. The fourth-order valence-corrected chi connectivity index (χ4v) is 2.39. The summed E-state index contributed by atoms with van der Waals surface area (Å²) < 4.78 is 10.9. The van der Waals surface area contributed by atoms with Crippen LogP contribution in [0.3, 0.4) is 0 Å². The number of benzene rings is 1. The number of hydrogen-bond acceptors (Lipinski definition) is 4. The summed E-state index contributed by atoms with van der Waals surface area (Å²) in [6.45, 7) is 9.82. The van der Waals surface area contributed by atoms with Gasteiger partial charge in [-0.2, -0.15) is 0 Å². The van der Waals surface area contributed by atoms with Crippen LogP contribution < -0.4 is 10.1 Å². The summed E-state index contributed by atoms with van der Waals surface area (Å²) >= 11 is 0. The molecule has 1 fully saturated rings. The molecule has 6 heteroatoms. The molecule has 1 heterocycles. The molecule has 0 spiro atoms. The second kappa shape index (κ2) is 11.1.